The van der Waals surface area contributed by atoms with Crippen molar-refractivity contribution in [3.63, 3.8) is 0 Å². The van der Waals surface area contributed by atoms with Crippen LogP contribution in [0.2, 0.25) is 0 Å². The van der Waals surface area contributed by atoms with Crippen LogP contribution in [0.3, 0.4) is 0 Å². The first kappa shape index (κ1) is 16.8. The molecule has 2 saturated heterocycles. The van der Waals surface area contributed by atoms with E-state index in [-0.39, 0.29) is 24.2 Å². The number of rotatable bonds is 2. The van der Waals surface area contributed by atoms with Gasteiger partial charge in [-0.05, 0) is 30.2 Å². The number of fused-ring (bicyclic) bond motifs is 1. The molecule has 6 heteroatoms. The molecule has 3 fully saturated rings. The molecule has 4 atom stereocenters. The Bertz CT molecular complexity index is 547. The Morgan fingerprint density at radius 3 is 2.52 bits per heavy atom. The molecule has 0 spiro atoms. The zero-order valence-electron chi connectivity index (χ0n) is 13.8. The zero-order valence-corrected chi connectivity index (χ0v) is 14.6. The highest BCUT2D eigenvalue weighted by Crippen LogP contribution is 2.38. The standard InChI is InChI=1S/C17H26N4O.ClH/c1-20-9-14(6-19-20)15-7-18-8-16(15)17(22)21-10-12-4-2-3-5-13(12)11-21;/h6,9,12-13,15-16,18H,2-5,7-8,10-11H2,1H3;1H/t12?,13?,15-,16+;/m1./s1. The highest BCUT2D eigenvalue weighted by Gasteiger charge is 2.42. The van der Waals surface area contributed by atoms with E-state index in [1.165, 1.54) is 31.2 Å². The third kappa shape index (κ3) is 3.13. The second kappa shape index (κ2) is 6.81. The zero-order chi connectivity index (χ0) is 15.1. The van der Waals surface area contributed by atoms with Crippen LogP contribution in [-0.2, 0) is 11.8 Å². The number of nitrogens with zero attached hydrogens (tertiary/aromatic N) is 3. The molecule has 5 nitrogen and oxygen atoms in total. The summed E-state index contributed by atoms with van der Waals surface area (Å²) in [7, 11) is 1.94. The van der Waals surface area contributed by atoms with Gasteiger partial charge in [-0.25, -0.2) is 0 Å². The monoisotopic (exact) mass is 338 g/mol. The van der Waals surface area contributed by atoms with Gasteiger partial charge in [-0.2, -0.15) is 5.10 Å². The van der Waals surface area contributed by atoms with Crippen LogP contribution in [0.4, 0.5) is 0 Å². The lowest BCUT2D eigenvalue weighted by Gasteiger charge is -2.24. The predicted molar refractivity (Wildman–Crippen MR) is 91.6 cm³/mol. The minimum atomic E-state index is 0. The Morgan fingerprint density at radius 2 is 1.91 bits per heavy atom. The summed E-state index contributed by atoms with van der Waals surface area (Å²) in [6.45, 7) is 3.70. The maximum Gasteiger partial charge on any atom is 0.227 e. The Balaban J connectivity index is 0.00000156. The van der Waals surface area contributed by atoms with Gasteiger partial charge in [0.25, 0.3) is 0 Å². The van der Waals surface area contributed by atoms with E-state index in [0.29, 0.717) is 5.91 Å². The number of hydrogen-bond acceptors (Lipinski definition) is 3. The number of nitrogens with one attached hydrogen (secondary N) is 1. The van der Waals surface area contributed by atoms with Crippen molar-refractivity contribution >= 4 is 18.3 Å². The van der Waals surface area contributed by atoms with Gasteiger partial charge in [0.15, 0.2) is 0 Å². The molecule has 3 heterocycles. The highest BCUT2D eigenvalue weighted by atomic mass is 35.5. The molecule has 0 radical (unpaired) electrons. The Kier molecular flexibility index (Phi) is 4.97. The van der Waals surface area contributed by atoms with E-state index >= 15 is 0 Å². The summed E-state index contributed by atoms with van der Waals surface area (Å²) in [4.78, 5) is 15.2. The summed E-state index contributed by atoms with van der Waals surface area (Å²) in [5.74, 6) is 2.27. The maximum atomic E-state index is 13.0. The Hall–Kier alpha value is -1.07. The van der Waals surface area contributed by atoms with Crippen molar-refractivity contribution in [1.29, 1.82) is 0 Å². The number of amides is 1. The average Bonchev–Trinajstić information content (AvgIpc) is 3.24. The van der Waals surface area contributed by atoms with Crippen molar-refractivity contribution in [2.45, 2.75) is 31.6 Å². The molecule has 1 aliphatic carbocycles. The van der Waals surface area contributed by atoms with Crippen LogP contribution >= 0.6 is 12.4 Å². The molecule has 0 bridgehead atoms. The molecule has 3 aliphatic rings. The summed E-state index contributed by atoms with van der Waals surface area (Å²) in [5.41, 5.74) is 1.20. The second-order valence-electron chi connectivity index (χ2n) is 7.37. The van der Waals surface area contributed by atoms with Gasteiger partial charge in [0.1, 0.15) is 0 Å². The van der Waals surface area contributed by atoms with Crippen molar-refractivity contribution in [2.75, 3.05) is 26.2 Å². The molecular formula is C17H27ClN4O. The molecular weight excluding hydrogens is 312 g/mol. The van der Waals surface area contributed by atoms with Crippen molar-refractivity contribution in [3.8, 4) is 0 Å². The molecule has 1 aromatic rings. The average molecular weight is 339 g/mol. The lowest BCUT2D eigenvalue weighted by atomic mass is 9.82. The fraction of sp³-hybridized carbons (Fsp3) is 0.765. The van der Waals surface area contributed by atoms with E-state index in [4.69, 9.17) is 0 Å². The molecule has 1 aromatic heterocycles. The number of aryl methyl sites for hydroxylation is 1. The maximum absolute atomic E-state index is 13.0. The van der Waals surface area contributed by atoms with E-state index < -0.39 is 0 Å². The van der Waals surface area contributed by atoms with E-state index in [0.717, 1.165) is 38.0 Å². The van der Waals surface area contributed by atoms with Gasteiger partial charge in [0.05, 0.1) is 12.1 Å². The Labute approximate surface area is 144 Å². The molecule has 2 aliphatic heterocycles. The normalized spacial score (nSPS) is 33.3. The van der Waals surface area contributed by atoms with Crippen LogP contribution < -0.4 is 5.32 Å². The summed E-state index contributed by atoms with van der Waals surface area (Å²) >= 11 is 0. The number of aromatic nitrogens is 2. The van der Waals surface area contributed by atoms with Gasteiger partial charge in [0, 0.05) is 45.3 Å². The molecule has 1 N–H and O–H groups in total. The molecule has 0 aromatic carbocycles. The van der Waals surface area contributed by atoms with Crippen molar-refractivity contribution in [1.82, 2.24) is 20.0 Å². The molecule has 1 saturated carbocycles. The fourth-order valence-electron chi connectivity index (χ4n) is 4.74. The van der Waals surface area contributed by atoms with Crippen LogP contribution in [0.5, 0.6) is 0 Å². The first-order chi connectivity index (χ1) is 10.7. The SMILES string of the molecule is Cl.Cn1cc([C@H]2CNC[C@@H]2C(=O)N2CC3CCCCC3C2)cn1. The summed E-state index contributed by atoms with van der Waals surface area (Å²) < 4.78 is 1.83. The largest absolute Gasteiger partial charge is 0.342 e. The third-order valence-corrected chi connectivity index (χ3v) is 5.97. The van der Waals surface area contributed by atoms with Crippen LogP contribution in [0.15, 0.2) is 12.4 Å². The molecule has 2 unspecified atom stereocenters. The van der Waals surface area contributed by atoms with Crippen LogP contribution in [0, 0.1) is 17.8 Å². The topological polar surface area (TPSA) is 50.2 Å². The summed E-state index contributed by atoms with van der Waals surface area (Å²) in [6, 6.07) is 0. The van der Waals surface area contributed by atoms with E-state index in [1.807, 2.05) is 17.9 Å². The smallest absolute Gasteiger partial charge is 0.227 e. The number of halogens is 1. The van der Waals surface area contributed by atoms with E-state index in [2.05, 4.69) is 21.5 Å². The predicted octanol–water partition coefficient (Wildman–Crippen LogP) is 1.79. The molecule has 4 rings (SSSR count). The fourth-order valence-corrected chi connectivity index (χ4v) is 4.74. The van der Waals surface area contributed by atoms with Crippen molar-refractivity contribution in [3.05, 3.63) is 18.0 Å². The van der Waals surface area contributed by atoms with Gasteiger partial charge in [0.2, 0.25) is 5.91 Å². The van der Waals surface area contributed by atoms with Crippen molar-refractivity contribution < 1.29 is 4.79 Å². The molecule has 1 amide bonds. The second-order valence-corrected chi connectivity index (χ2v) is 7.37. The van der Waals surface area contributed by atoms with Gasteiger partial charge < -0.3 is 10.2 Å². The first-order valence-electron chi connectivity index (χ1n) is 8.70. The van der Waals surface area contributed by atoms with Crippen molar-refractivity contribution in [2.24, 2.45) is 24.8 Å². The number of likely N-dealkylation sites (tertiary alicyclic amines) is 1. The number of hydrogen-bond donors (Lipinski definition) is 1. The summed E-state index contributed by atoms with van der Waals surface area (Å²) in [6.07, 6.45) is 9.33. The van der Waals surface area contributed by atoms with Gasteiger partial charge >= 0.3 is 0 Å². The van der Waals surface area contributed by atoms with Gasteiger partial charge in [-0.15, -0.1) is 12.4 Å². The Morgan fingerprint density at radius 1 is 1.22 bits per heavy atom. The van der Waals surface area contributed by atoms with E-state index in [9.17, 15) is 4.79 Å². The molecule has 128 valence electrons. The summed E-state index contributed by atoms with van der Waals surface area (Å²) in [5, 5.41) is 7.69. The highest BCUT2D eigenvalue weighted by molar-refractivity contribution is 5.85. The number of carbonyl (C=O) groups is 1. The minimum absolute atomic E-state index is 0. The lowest BCUT2D eigenvalue weighted by Crippen LogP contribution is -2.37. The number of carbonyl (C=O) groups excluding carboxylic acids is 1. The van der Waals surface area contributed by atoms with Gasteiger partial charge in [-0.3, -0.25) is 9.48 Å². The van der Waals surface area contributed by atoms with Crippen LogP contribution in [0.1, 0.15) is 37.2 Å². The van der Waals surface area contributed by atoms with Crippen LogP contribution in [0.25, 0.3) is 0 Å². The first-order valence-corrected chi connectivity index (χ1v) is 8.70. The van der Waals surface area contributed by atoms with Crippen LogP contribution in [-0.4, -0.2) is 46.8 Å². The quantitative estimate of drug-likeness (QED) is 0.894. The molecule has 23 heavy (non-hydrogen) atoms. The van der Waals surface area contributed by atoms with E-state index in [1.54, 1.807) is 0 Å². The lowest BCUT2D eigenvalue weighted by molar-refractivity contribution is -0.134. The third-order valence-electron chi connectivity index (χ3n) is 5.97. The minimum Gasteiger partial charge on any atom is -0.342 e. The van der Waals surface area contributed by atoms with Gasteiger partial charge in [-0.1, -0.05) is 12.8 Å².